The fourth-order valence-electron chi connectivity index (χ4n) is 2.65. The Hall–Kier alpha value is -1.97. The lowest BCUT2D eigenvalue weighted by molar-refractivity contribution is 0.384. The number of nitrogens with one attached hydrogen (secondary N) is 1. The third-order valence-corrected chi connectivity index (χ3v) is 6.97. The van der Waals surface area contributed by atoms with E-state index in [4.69, 9.17) is 0 Å². The van der Waals surface area contributed by atoms with E-state index >= 15 is 0 Å². The Morgan fingerprint density at radius 2 is 2.18 bits per heavy atom. The highest BCUT2D eigenvalue weighted by molar-refractivity contribution is 7.91. The Morgan fingerprint density at radius 1 is 1.32 bits per heavy atom. The van der Waals surface area contributed by atoms with E-state index in [1.165, 1.54) is 20.2 Å². The van der Waals surface area contributed by atoms with Crippen LogP contribution in [-0.4, -0.2) is 33.9 Å². The van der Waals surface area contributed by atoms with Crippen LogP contribution in [0.4, 0.5) is 0 Å². The van der Waals surface area contributed by atoms with Crippen LogP contribution in [0.3, 0.4) is 0 Å². The number of H-pyrrole nitrogens is 1. The van der Waals surface area contributed by atoms with E-state index in [2.05, 4.69) is 10.1 Å². The molecule has 1 aliphatic heterocycles. The van der Waals surface area contributed by atoms with Gasteiger partial charge in [-0.3, -0.25) is 9.89 Å². The standard InChI is InChI=1S/C13H12N4O3S2/c18-13-9-4-6-16(22(19,20)12-2-1-7-21-12)8-10(9)15-11-3-5-14-17(11)13/h1-3,5,7,14H,4,6,8H2. The van der Waals surface area contributed by atoms with Gasteiger partial charge in [-0.2, -0.15) is 4.31 Å². The van der Waals surface area contributed by atoms with Crippen LogP contribution < -0.4 is 5.56 Å². The van der Waals surface area contributed by atoms with E-state index in [1.807, 2.05) is 0 Å². The number of fused-ring (bicyclic) bond motifs is 2. The third-order valence-electron chi connectivity index (χ3n) is 3.75. The summed E-state index contributed by atoms with van der Waals surface area (Å²) in [6.45, 7) is 0.420. The average molecular weight is 336 g/mol. The van der Waals surface area contributed by atoms with E-state index < -0.39 is 10.0 Å². The summed E-state index contributed by atoms with van der Waals surface area (Å²) in [4.78, 5) is 16.8. The average Bonchev–Trinajstić information content (AvgIpc) is 3.18. The lowest BCUT2D eigenvalue weighted by Crippen LogP contribution is -2.39. The van der Waals surface area contributed by atoms with E-state index in [-0.39, 0.29) is 18.6 Å². The molecule has 3 aromatic heterocycles. The Morgan fingerprint density at radius 3 is 2.95 bits per heavy atom. The first-order valence-electron chi connectivity index (χ1n) is 6.69. The molecule has 4 heterocycles. The molecule has 0 unspecified atom stereocenters. The number of hydrogen-bond donors (Lipinski definition) is 1. The van der Waals surface area contributed by atoms with Crippen LogP contribution in [0.1, 0.15) is 11.3 Å². The van der Waals surface area contributed by atoms with Gasteiger partial charge in [0.05, 0.1) is 12.2 Å². The van der Waals surface area contributed by atoms with Crippen molar-refractivity contribution in [3.8, 4) is 0 Å². The molecule has 4 rings (SSSR count). The second-order valence-electron chi connectivity index (χ2n) is 5.02. The van der Waals surface area contributed by atoms with Gasteiger partial charge >= 0.3 is 0 Å². The van der Waals surface area contributed by atoms with E-state index in [0.29, 0.717) is 27.5 Å². The Labute approximate surface area is 129 Å². The van der Waals surface area contributed by atoms with Crippen LogP contribution >= 0.6 is 11.3 Å². The summed E-state index contributed by atoms with van der Waals surface area (Å²) >= 11 is 1.19. The predicted octanol–water partition coefficient (Wildman–Crippen LogP) is 0.831. The van der Waals surface area contributed by atoms with Crippen molar-refractivity contribution in [2.75, 3.05) is 6.54 Å². The normalized spacial score (nSPS) is 16.0. The molecule has 9 heteroatoms. The third kappa shape index (κ3) is 1.93. The molecule has 114 valence electrons. The molecule has 7 nitrogen and oxygen atoms in total. The fraction of sp³-hybridized carbons (Fsp3) is 0.231. The van der Waals surface area contributed by atoms with Crippen molar-refractivity contribution >= 4 is 27.0 Å². The number of nitrogens with zero attached hydrogens (tertiary/aromatic N) is 3. The zero-order chi connectivity index (χ0) is 15.3. The molecule has 1 N–H and O–H groups in total. The van der Waals surface area contributed by atoms with Gasteiger partial charge in [0.2, 0.25) is 0 Å². The highest BCUT2D eigenvalue weighted by atomic mass is 32.2. The SMILES string of the molecule is O=c1c2c(nc3cc[nH]n13)CN(S(=O)(=O)c1cccs1)CC2. The molecule has 22 heavy (non-hydrogen) atoms. The molecule has 0 bridgehead atoms. The van der Waals surface area contributed by atoms with Gasteiger partial charge in [0, 0.05) is 24.4 Å². The smallest absolute Gasteiger partial charge is 0.276 e. The number of aromatic nitrogens is 3. The van der Waals surface area contributed by atoms with Gasteiger partial charge in [0.25, 0.3) is 15.6 Å². The molecular formula is C13H12N4O3S2. The number of sulfonamides is 1. The van der Waals surface area contributed by atoms with Crippen LogP contribution in [0, 0.1) is 0 Å². The second-order valence-corrected chi connectivity index (χ2v) is 8.13. The molecule has 0 spiro atoms. The molecule has 0 radical (unpaired) electrons. The quantitative estimate of drug-likeness (QED) is 0.751. The van der Waals surface area contributed by atoms with Crippen LogP contribution in [0.25, 0.3) is 5.65 Å². The lowest BCUT2D eigenvalue weighted by atomic mass is 10.1. The Kier molecular flexibility index (Phi) is 2.96. The zero-order valence-corrected chi connectivity index (χ0v) is 13.0. The van der Waals surface area contributed by atoms with Gasteiger partial charge in [-0.15, -0.1) is 11.3 Å². The van der Waals surface area contributed by atoms with Crippen molar-refractivity contribution < 1.29 is 8.42 Å². The second kappa shape index (κ2) is 4.77. The van der Waals surface area contributed by atoms with Gasteiger partial charge in [0.15, 0.2) is 5.65 Å². The molecular weight excluding hydrogens is 324 g/mol. The van der Waals surface area contributed by atoms with Crippen molar-refractivity contribution in [3.05, 3.63) is 51.4 Å². The van der Waals surface area contributed by atoms with Crippen molar-refractivity contribution in [1.29, 1.82) is 0 Å². The van der Waals surface area contributed by atoms with Crippen LogP contribution in [0.15, 0.2) is 38.8 Å². The largest absolute Gasteiger partial charge is 0.297 e. The number of aromatic amines is 1. The zero-order valence-electron chi connectivity index (χ0n) is 11.4. The maximum Gasteiger partial charge on any atom is 0.276 e. The first kappa shape index (κ1) is 13.7. The van der Waals surface area contributed by atoms with Crippen LogP contribution in [0.2, 0.25) is 0 Å². The molecule has 3 aromatic rings. The fourth-order valence-corrected chi connectivity index (χ4v) is 5.19. The van der Waals surface area contributed by atoms with Crippen LogP contribution in [-0.2, 0) is 23.0 Å². The lowest BCUT2D eigenvalue weighted by Gasteiger charge is -2.26. The molecule has 0 amide bonds. The van der Waals surface area contributed by atoms with Gasteiger partial charge in [-0.25, -0.2) is 17.9 Å². The summed E-state index contributed by atoms with van der Waals surface area (Å²) in [5, 5.41) is 4.55. The molecule has 0 saturated carbocycles. The molecule has 0 aliphatic carbocycles. The molecule has 0 fully saturated rings. The molecule has 1 aliphatic rings. The van der Waals surface area contributed by atoms with Gasteiger partial charge in [-0.1, -0.05) is 6.07 Å². The highest BCUT2D eigenvalue weighted by Gasteiger charge is 2.31. The van der Waals surface area contributed by atoms with Crippen molar-refractivity contribution in [1.82, 2.24) is 18.9 Å². The van der Waals surface area contributed by atoms with Gasteiger partial charge in [-0.05, 0) is 17.9 Å². The number of thiophene rings is 1. The maximum absolute atomic E-state index is 12.6. The summed E-state index contributed by atoms with van der Waals surface area (Å²) < 4.78 is 28.2. The van der Waals surface area contributed by atoms with Crippen molar-refractivity contribution in [2.24, 2.45) is 0 Å². The van der Waals surface area contributed by atoms with E-state index in [1.54, 1.807) is 29.8 Å². The topological polar surface area (TPSA) is 87.5 Å². The van der Waals surface area contributed by atoms with Crippen molar-refractivity contribution in [3.63, 3.8) is 0 Å². The van der Waals surface area contributed by atoms with Crippen LogP contribution in [0.5, 0.6) is 0 Å². The first-order valence-corrected chi connectivity index (χ1v) is 9.01. The minimum atomic E-state index is -3.52. The Balaban J connectivity index is 1.79. The molecule has 0 saturated heterocycles. The molecule has 0 aromatic carbocycles. The summed E-state index contributed by atoms with van der Waals surface area (Å²) in [5.74, 6) is 0. The summed E-state index contributed by atoms with van der Waals surface area (Å²) in [5.41, 5.74) is 1.46. The van der Waals surface area contributed by atoms with Crippen molar-refractivity contribution in [2.45, 2.75) is 17.2 Å². The molecule has 0 atom stereocenters. The summed E-state index contributed by atoms with van der Waals surface area (Å²) in [7, 11) is -3.52. The van der Waals surface area contributed by atoms with Gasteiger partial charge in [0.1, 0.15) is 4.21 Å². The monoisotopic (exact) mass is 336 g/mol. The number of rotatable bonds is 2. The van der Waals surface area contributed by atoms with Gasteiger partial charge < -0.3 is 0 Å². The van der Waals surface area contributed by atoms with E-state index in [0.717, 1.165) is 0 Å². The minimum absolute atomic E-state index is 0.131. The first-order chi connectivity index (χ1) is 10.6. The van der Waals surface area contributed by atoms with E-state index in [9.17, 15) is 13.2 Å². The predicted molar refractivity (Wildman–Crippen MR) is 81.4 cm³/mol. The highest BCUT2D eigenvalue weighted by Crippen LogP contribution is 2.25. The number of hydrogen-bond acceptors (Lipinski definition) is 5. The minimum Gasteiger partial charge on any atom is -0.297 e. The Bertz CT molecular complexity index is 1000. The maximum atomic E-state index is 12.6. The summed E-state index contributed by atoms with van der Waals surface area (Å²) in [6, 6.07) is 4.99. The summed E-state index contributed by atoms with van der Waals surface area (Å²) in [6.07, 6.45) is 2.00.